The Morgan fingerprint density at radius 3 is 2.52 bits per heavy atom. The Bertz CT molecular complexity index is 881. The Labute approximate surface area is 137 Å². The number of hydrogen-bond acceptors (Lipinski definition) is 4. The normalized spacial score (nSPS) is 10.5. The van der Waals surface area contributed by atoms with Crippen molar-refractivity contribution in [1.29, 1.82) is 0 Å². The SMILES string of the molecule is COc1ccccc1Cn1sc(C(=O)c2ccccc2)cc1=O. The predicted octanol–water partition coefficient (Wildman–Crippen LogP) is 3.20. The second kappa shape index (κ2) is 6.62. The summed E-state index contributed by atoms with van der Waals surface area (Å²) in [5.74, 6) is 0.593. The minimum absolute atomic E-state index is 0.133. The van der Waals surface area contributed by atoms with Crippen LogP contribution in [0.1, 0.15) is 20.8 Å². The molecule has 4 nitrogen and oxygen atoms in total. The van der Waals surface area contributed by atoms with Gasteiger partial charge in [0.2, 0.25) is 5.78 Å². The number of carbonyl (C=O) groups excluding carboxylic acids is 1. The van der Waals surface area contributed by atoms with Crippen LogP contribution in [0.25, 0.3) is 0 Å². The molecule has 2 aromatic carbocycles. The minimum Gasteiger partial charge on any atom is -0.496 e. The van der Waals surface area contributed by atoms with Crippen LogP contribution in [0, 0.1) is 0 Å². The second-order valence-electron chi connectivity index (χ2n) is 4.98. The molecule has 0 atom stereocenters. The number of rotatable bonds is 5. The van der Waals surface area contributed by atoms with E-state index in [4.69, 9.17) is 4.74 Å². The van der Waals surface area contributed by atoms with Crippen LogP contribution in [-0.4, -0.2) is 16.8 Å². The van der Waals surface area contributed by atoms with Gasteiger partial charge in [-0.25, -0.2) is 0 Å². The molecular formula is C18H15NO3S. The maximum Gasteiger partial charge on any atom is 0.261 e. The van der Waals surface area contributed by atoms with Gasteiger partial charge in [0.25, 0.3) is 5.56 Å². The van der Waals surface area contributed by atoms with Gasteiger partial charge in [-0.15, -0.1) is 0 Å². The molecule has 0 aliphatic rings. The number of benzene rings is 2. The number of nitrogens with zero attached hydrogens (tertiary/aromatic N) is 1. The Balaban J connectivity index is 1.90. The number of ketones is 1. The van der Waals surface area contributed by atoms with Crippen molar-refractivity contribution in [3.63, 3.8) is 0 Å². The Morgan fingerprint density at radius 1 is 1.09 bits per heavy atom. The van der Waals surface area contributed by atoms with Gasteiger partial charge in [-0.05, 0) is 6.07 Å². The summed E-state index contributed by atoms with van der Waals surface area (Å²) >= 11 is 1.18. The predicted molar refractivity (Wildman–Crippen MR) is 90.5 cm³/mol. The van der Waals surface area contributed by atoms with E-state index in [9.17, 15) is 9.59 Å². The Kier molecular flexibility index (Phi) is 4.39. The molecule has 0 saturated carbocycles. The highest BCUT2D eigenvalue weighted by Crippen LogP contribution is 2.20. The van der Waals surface area contributed by atoms with Gasteiger partial charge in [-0.2, -0.15) is 0 Å². The van der Waals surface area contributed by atoms with Gasteiger partial charge in [0.1, 0.15) is 5.75 Å². The summed E-state index contributed by atoms with van der Waals surface area (Å²) in [5.41, 5.74) is 1.30. The molecule has 0 unspecified atom stereocenters. The third-order valence-corrected chi connectivity index (χ3v) is 4.50. The van der Waals surface area contributed by atoms with E-state index in [1.807, 2.05) is 42.5 Å². The van der Waals surface area contributed by atoms with Gasteiger partial charge in [0.15, 0.2) is 0 Å². The third-order valence-electron chi connectivity index (χ3n) is 3.48. The van der Waals surface area contributed by atoms with Crippen molar-refractivity contribution >= 4 is 17.3 Å². The molecule has 23 heavy (non-hydrogen) atoms. The highest BCUT2D eigenvalue weighted by Gasteiger charge is 2.15. The van der Waals surface area contributed by atoms with Crippen LogP contribution in [-0.2, 0) is 6.54 Å². The summed E-state index contributed by atoms with van der Waals surface area (Å²) in [5, 5.41) is 0. The number of carbonyl (C=O) groups is 1. The summed E-state index contributed by atoms with van der Waals surface area (Å²) < 4.78 is 6.87. The fourth-order valence-electron chi connectivity index (χ4n) is 2.31. The standard InChI is InChI=1S/C18H15NO3S/c1-22-15-10-6-5-9-14(15)12-19-17(20)11-16(23-19)18(21)13-7-3-2-4-8-13/h2-11H,12H2,1H3. The van der Waals surface area contributed by atoms with E-state index in [2.05, 4.69) is 0 Å². The summed E-state index contributed by atoms with van der Waals surface area (Å²) in [6.07, 6.45) is 0. The fraction of sp³-hybridized carbons (Fsp3) is 0.111. The first kappa shape index (κ1) is 15.2. The van der Waals surface area contributed by atoms with E-state index < -0.39 is 0 Å². The maximum atomic E-state index is 12.4. The fourth-order valence-corrected chi connectivity index (χ4v) is 3.25. The summed E-state index contributed by atoms with van der Waals surface area (Å²) in [7, 11) is 1.60. The molecule has 0 bridgehead atoms. The average molecular weight is 325 g/mol. The first-order chi connectivity index (χ1) is 11.2. The molecule has 0 saturated heterocycles. The largest absolute Gasteiger partial charge is 0.496 e. The maximum absolute atomic E-state index is 12.4. The van der Waals surface area contributed by atoms with E-state index in [1.165, 1.54) is 17.6 Å². The Morgan fingerprint density at radius 2 is 1.78 bits per heavy atom. The van der Waals surface area contributed by atoms with Gasteiger partial charge in [-0.3, -0.25) is 13.5 Å². The van der Waals surface area contributed by atoms with Crippen LogP contribution in [0.5, 0.6) is 5.75 Å². The molecule has 5 heteroatoms. The molecule has 0 amide bonds. The zero-order valence-corrected chi connectivity index (χ0v) is 13.4. The van der Waals surface area contributed by atoms with Gasteiger partial charge >= 0.3 is 0 Å². The number of para-hydroxylation sites is 1. The average Bonchev–Trinajstić information content (AvgIpc) is 2.96. The van der Waals surface area contributed by atoms with E-state index in [1.54, 1.807) is 23.2 Å². The van der Waals surface area contributed by atoms with E-state index in [0.29, 0.717) is 17.0 Å². The molecular weight excluding hydrogens is 310 g/mol. The van der Waals surface area contributed by atoms with Crippen LogP contribution in [0.15, 0.2) is 65.5 Å². The first-order valence-electron chi connectivity index (χ1n) is 7.12. The zero-order chi connectivity index (χ0) is 16.2. The lowest BCUT2D eigenvalue weighted by molar-refractivity contribution is 0.104. The third kappa shape index (κ3) is 3.24. The zero-order valence-electron chi connectivity index (χ0n) is 12.6. The molecule has 3 aromatic rings. The summed E-state index contributed by atoms with van der Waals surface area (Å²) in [6.45, 7) is 0.385. The highest BCUT2D eigenvalue weighted by molar-refractivity contribution is 7.08. The van der Waals surface area contributed by atoms with Crippen LogP contribution < -0.4 is 10.3 Å². The monoisotopic (exact) mass is 325 g/mol. The number of hydrogen-bond donors (Lipinski definition) is 0. The molecule has 1 aromatic heterocycles. The highest BCUT2D eigenvalue weighted by atomic mass is 32.1. The molecule has 3 rings (SSSR count). The molecule has 0 N–H and O–H groups in total. The topological polar surface area (TPSA) is 48.3 Å². The van der Waals surface area contributed by atoms with Crippen molar-refractivity contribution in [2.75, 3.05) is 7.11 Å². The van der Waals surface area contributed by atoms with E-state index in [0.717, 1.165) is 11.3 Å². The lowest BCUT2D eigenvalue weighted by Crippen LogP contribution is -2.13. The molecule has 0 spiro atoms. The molecule has 0 aliphatic carbocycles. The smallest absolute Gasteiger partial charge is 0.261 e. The molecule has 0 radical (unpaired) electrons. The van der Waals surface area contributed by atoms with Crippen LogP contribution in [0.2, 0.25) is 0 Å². The number of methoxy groups -OCH3 is 1. The Hall–Kier alpha value is -2.66. The lowest BCUT2D eigenvalue weighted by atomic mass is 10.1. The van der Waals surface area contributed by atoms with Gasteiger partial charge in [-0.1, -0.05) is 60.1 Å². The van der Waals surface area contributed by atoms with Crippen molar-refractivity contribution in [1.82, 2.24) is 3.96 Å². The van der Waals surface area contributed by atoms with Crippen molar-refractivity contribution in [3.8, 4) is 5.75 Å². The minimum atomic E-state index is -0.180. The number of aromatic nitrogens is 1. The van der Waals surface area contributed by atoms with Crippen LogP contribution in [0.4, 0.5) is 0 Å². The van der Waals surface area contributed by atoms with Crippen LogP contribution in [0.3, 0.4) is 0 Å². The van der Waals surface area contributed by atoms with Crippen molar-refractivity contribution < 1.29 is 9.53 Å². The van der Waals surface area contributed by atoms with Crippen molar-refractivity contribution in [2.45, 2.75) is 6.54 Å². The number of ether oxygens (including phenoxy) is 1. The molecule has 0 aliphatic heterocycles. The quantitative estimate of drug-likeness (QED) is 0.677. The second-order valence-corrected chi connectivity index (χ2v) is 6.04. The lowest BCUT2D eigenvalue weighted by Gasteiger charge is -2.07. The van der Waals surface area contributed by atoms with E-state index >= 15 is 0 Å². The van der Waals surface area contributed by atoms with Crippen LogP contribution >= 0.6 is 11.5 Å². The van der Waals surface area contributed by atoms with Gasteiger partial charge in [0, 0.05) is 17.2 Å². The molecule has 0 fully saturated rings. The van der Waals surface area contributed by atoms with E-state index in [-0.39, 0.29) is 11.3 Å². The van der Waals surface area contributed by atoms with Gasteiger partial charge < -0.3 is 4.74 Å². The first-order valence-corrected chi connectivity index (χ1v) is 7.89. The van der Waals surface area contributed by atoms with Crippen molar-refractivity contribution in [2.24, 2.45) is 0 Å². The summed E-state index contributed by atoms with van der Waals surface area (Å²) in [6, 6.07) is 17.9. The van der Waals surface area contributed by atoms with Crippen molar-refractivity contribution in [3.05, 3.63) is 87.0 Å². The van der Waals surface area contributed by atoms with Gasteiger partial charge in [0.05, 0.1) is 18.5 Å². The molecule has 116 valence electrons. The molecule has 1 heterocycles. The summed E-state index contributed by atoms with van der Waals surface area (Å²) in [4.78, 5) is 25.0.